The second-order valence-corrected chi connectivity index (χ2v) is 18.2. The van der Waals surface area contributed by atoms with Gasteiger partial charge in [-0.05, 0) is 155 Å². The first-order valence-corrected chi connectivity index (χ1v) is 19.6. The molecule has 5 aliphatic rings. The molecule has 2 aromatic rings. The lowest BCUT2D eigenvalue weighted by molar-refractivity contribution is -0.231. The molecule has 6 nitrogen and oxygen atoms in total. The molecule has 2 aromatic carbocycles. The number of anilines is 1. The maximum Gasteiger partial charge on any atom is 0.338 e. The Kier molecular flexibility index (Phi) is 8.90. The standard InChI is InChI=1S/C45H59NO5/c1-9-50-39(48)31-15-17-32(18-16-31)46-37(47)27-42(6)35(41(46,4)5)22-23-44(8)36(42)20-19-34-38-33(29(2)3)21-24-45(38,26-25-43(34,44)7)40(49)51-28-30-13-11-10-12-14-30/h10-18,33-36,38H,2,9,19-28H2,1,3-8H3/t33?,34?,35?,36-,38?,42?,43-,44-,45?/m1/s1. The van der Waals surface area contributed by atoms with Crippen LogP contribution in [0.25, 0.3) is 0 Å². The Morgan fingerprint density at radius 1 is 0.824 bits per heavy atom. The van der Waals surface area contributed by atoms with E-state index in [4.69, 9.17) is 9.47 Å². The lowest BCUT2D eigenvalue weighted by Gasteiger charge is -2.72. The normalized spacial score (nSPS) is 38.1. The van der Waals surface area contributed by atoms with Gasteiger partial charge in [-0.3, -0.25) is 9.59 Å². The Hall–Kier alpha value is -3.41. The number of fused-ring (bicyclic) bond motifs is 7. The average molecular weight is 694 g/mol. The number of amides is 1. The van der Waals surface area contributed by atoms with Gasteiger partial charge < -0.3 is 14.4 Å². The minimum absolute atomic E-state index is 0.0000982. The molecule has 5 fully saturated rings. The summed E-state index contributed by atoms with van der Waals surface area (Å²) in [6.07, 6.45) is 8.63. The number of carbonyl (C=O) groups is 3. The van der Waals surface area contributed by atoms with E-state index >= 15 is 0 Å². The van der Waals surface area contributed by atoms with Crippen molar-refractivity contribution in [3.05, 3.63) is 77.9 Å². The molecular weight excluding hydrogens is 634 g/mol. The maximum absolute atomic E-state index is 14.5. The van der Waals surface area contributed by atoms with Crippen LogP contribution in [0.5, 0.6) is 0 Å². The second kappa shape index (κ2) is 12.6. The Bertz CT molecular complexity index is 1700. The summed E-state index contributed by atoms with van der Waals surface area (Å²) in [6.45, 7) is 21.2. The highest BCUT2D eigenvalue weighted by Gasteiger charge is 2.72. The van der Waals surface area contributed by atoms with E-state index in [9.17, 15) is 14.4 Å². The van der Waals surface area contributed by atoms with Gasteiger partial charge in [0.15, 0.2) is 0 Å². The van der Waals surface area contributed by atoms with Crippen LogP contribution in [0.2, 0.25) is 0 Å². The van der Waals surface area contributed by atoms with Crippen molar-refractivity contribution >= 4 is 23.5 Å². The van der Waals surface area contributed by atoms with E-state index in [-0.39, 0.29) is 40.0 Å². The van der Waals surface area contributed by atoms with Crippen LogP contribution >= 0.6 is 0 Å². The number of allylic oxidation sites excluding steroid dienone is 1. The van der Waals surface area contributed by atoms with Crippen LogP contribution in [-0.4, -0.2) is 30.0 Å². The van der Waals surface area contributed by atoms with Crippen LogP contribution in [0.3, 0.4) is 0 Å². The van der Waals surface area contributed by atoms with E-state index in [1.54, 1.807) is 19.1 Å². The zero-order valence-corrected chi connectivity index (χ0v) is 32.1. The third kappa shape index (κ3) is 5.27. The molecule has 1 amide bonds. The van der Waals surface area contributed by atoms with Gasteiger partial charge >= 0.3 is 11.9 Å². The molecule has 0 spiro atoms. The summed E-state index contributed by atoms with van der Waals surface area (Å²) in [6, 6.07) is 17.4. The maximum atomic E-state index is 14.5. The first kappa shape index (κ1) is 36.0. The summed E-state index contributed by atoms with van der Waals surface area (Å²) in [7, 11) is 0. The fourth-order valence-corrected chi connectivity index (χ4v) is 13.5. The third-order valence-electron chi connectivity index (χ3n) is 15.8. The Morgan fingerprint density at radius 3 is 2.20 bits per heavy atom. The fraction of sp³-hybridized carbons (Fsp3) is 0.622. The molecule has 9 atom stereocenters. The SMILES string of the molecule is C=C(C)C1CCC2(C(=O)OCc3ccccc3)CC[C@]3(C)C(CC[C@@H]4C5(C)CC(=O)N(c6ccc(C(=O)OCC)cc6)C(C)(C)C5CC[C@]43C)C12. The highest BCUT2D eigenvalue weighted by atomic mass is 16.5. The monoisotopic (exact) mass is 693 g/mol. The van der Waals surface area contributed by atoms with Crippen molar-refractivity contribution in [1.29, 1.82) is 0 Å². The lowest BCUT2D eigenvalue weighted by atomic mass is 9.33. The van der Waals surface area contributed by atoms with Crippen LogP contribution in [-0.2, 0) is 25.7 Å². The minimum Gasteiger partial charge on any atom is -0.462 e. The molecule has 51 heavy (non-hydrogen) atoms. The number of hydrogen-bond acceptors (Lipinski definition) is 5. The van der Waals surface area contributed by atoms with Gasteiger partial charge in [-0.15, -0.1) is 0 Å². The molecule has 4 aliphatic carbocycles. The van der Waals surface area contributed by atoms with Crippen molar-refractivity contribution in [3.8, 4) is 0 Å². The van der Waals surface area contributed by atoms with Gasteiger partial charge in [0.25, 0.3) is 0 Å². The molecule has 0 radical (unpaired) electrons. The molecule has 7 rings (SSSR count). The van der Waals surface area contributed by atoms with Gasteiger partial charge in [0, 0.05) is 17.6 Å². The largest absolute Gasteiger partial charge is 0.462 e. The van der Waals surface area contributed by atoms with E-state index in [0.29, 0.717) is 48.9 Å². The van der Waals surface area contributed by atoms with Crippen LogP contribution in [0.1, 0.15) is 122 Å². The molecule has 1 aliphatic heterocycles. The van der Waals surface area contributed by atoms with Crippen LogP contribution < -0.4 is 4.90 Å². The zero-order valence-electron chi connectivity index (χ0n) is 32.1. The van der Waals surface area contributed by atoms with Gasteiger partial charge in [-0.1, -0.05) is 63.3 Å². The van der Waals surface area contributed by atoms with E-state index in [1.807, 2.05) is 47.4 Å². The van der Waals surface area contributed by atoms with Crippen LogP contribution in [0, 0.1) is 51.2 Å². The molecule has 6 unspecified atom stereocenters. The minimum atomic E-state index is -0.459. The van der Waals surface area contributed by atoms with E-state index in [1.165, 1.54) is 5.57 Å². The average Bonchev–Trinajstić information content (AvgIpc) is 3.49. The summed E-state index contributed by atoms with van der Waals surface area (Å²) in [5.74, 6) is 1.53. The summed E-state index contributed by atoms with van der Waals surface area (Å²) < 4.78 is 11.4. The van der Waals surface area contributed by atoms with E-state index in [0.717, 1.165) is 62.6 Å². The van der Waals surface area contributed by atoms with Crippen molar-refractivity contribution in [2.75, 3.05) is 11.5 Å². The Morgan fingerprint density at radius 2 is 1.53 bits per heavy atom. The van der Waals surface area contributed by atoms with Crippen molar-refractivity contribution in [3.63, 3.8) is 0 Å². The number of piperidine rings is 1. The first-order valence-electron chi connectivity index (χ1n) is 19.6. The van der Waals surface area contributed by atoms with E-state index < -0.39 is 11.0 Å². The van der Waals surface area contributed by atoms with Gasteiger partial charge in [-0.25, -0.2) is 4.79 Å². The molecular formula is C45H59NO5. The van der Waals surface area contributed by atoms with Crippen LogP contribution in [0.4, 0.5) is 5.69 Å². The molecule has 0 aromatic heterocycles. The van der Waals surface area contributed by atoms with Crippen molar-refractivity contribution < 1.29 is 23.9 Å². The number of rotatable bonds is 7. The molecule has 0 bridgehead atoms. The topological polar surface area (TPSA) is 72.9 Å². The lowest BCUT2D eigenvalue weighted by Crippen LogP contribution is -2.71. The fourth-order valence-electron chi connectivity index (χ4n) is 13.5. The molecule has 4 saturated carbocycles. The summed E-state index contributed by atoms with van der Waals surface area (Å²) in [5, 5.41) is 0. The number of nitrogens with zero attached hydrogens (tertiary/aromatic N) is 1. The van der Waals surface area contributed by atoms with Gasteiger partial charge in [0.05, 0.1) is 17.6 Å². The summed E-state index contributed by atoms with van der Waals surface area (Å²) in [4.78, 5) is 43.2. The first-order chi connectivity index (χ1) is 24.1. The number of esters is 2. The number of hydrogen-bond donors (Lipinski definition) is 0. The highest BCUT2D eigenvalue weighted by Crippen LogP contribution is 2.77. The Labute approximate surface area is 305 Å². The van der Waals surface area contributed by atoms with Gasteiger partial charge in [0.1, 0.15) is 6.61 Å². The number of carbonyl (C=O) groups excluding carboxylic acids is 3. The van der Waals surface area contributed by atoms with E-state index in [2.05, 4.69) is 48.1 Å². The third-order valence-corrected chi connectivity index (χ3v) is 15.8. The smallest absolute Gasteiger partial charge is 0.338 e. The van der Waals surface area contributed by atoms with Gasteiger partial charge in [0.2, 0.25) is 5.91 Å². The molecule has 1 saturated heterocycles. The van der Waals surface area contributed by atoms with Crippen molar-refractivity contribution in [2.24, 2.45) is 51.2 Å². The predicted octanol–water partition coefficient (Wildman–Crippen LogP) is 9.96. The quantitative estimate of drug-likeness (QED) is 0.213. The molecule has 6 heteroatoms. The highest BCUT2D eigenvalue weighted by molar-refractivity contribution is 5.97. The Balaban J connectivity index is 1.18. The van der Waals surface area contributed by atoms with Crippen LogP contribution in [0.15, 0.2) is 66.7 Å². The van der Waals surface area contributed by atoms with Crippen molar-refractivity contribution in [2.45, 2.75) is 118 Å². The zero-order chi connectivity index (χ0) is 36.6. The number of benzene rings is 2. The second-order valence-electron chi connectivity index (χ2n) is 18.2. The summed E-state index contributed by atoms with van der Waals surface area (Å²) >= 11 is 0. The van der Waals surface area contributed by atoms with Crippen molar-refractivity contribution in [1.82, 2.24) is 0 Å². The van der Waals surface area contributed by atoms with Gasteiger partial charge in [-0.2, -0.15) is 0 Å². The predicted molar refractivity (Wildman–Crippen MR) is 201 cm³/mol. The molecule has 0 N–H and O–H groups in total. The summed E-state index contributed by atoms with van der Waals surface area (Å²) in [5.41, 5.74) is 2.68. The molecule has 274 valence electrons. The molecule has 1 heterocycles. The number of ether oxygens (including phenoxy) is 2.